The highest BCUT2D eigenvalue weighted by Gasteiger charge is 2.06. The smallest absolute Gasteiger partial charge is 0.294 e. The van der Waals surface area contributed by atoms with E-state index in [0.717, 1.165) is 5.56 Å². The van der Waals surface area contributed by atoms with E-state index in [2.05, 4.69) is 4.74 Å². The molecule has 1 aromatic carbocycles. The van der Waals surface area contributed by atoms with Crippen molar-refractivity contribution in [2.45, 2.75) is 11.8 Å². The molecule has 6 heteroatoms. The Kier molecular flexibility index (Phi) is 6.11. The molecular formula is C9H14O5S. The van der Waals surface area contributed by atoms with Gasteiger partial charge in [-0.15, -0.1) is 0 Å². The lowest BCUT2D eigenvalue weighted by Gasteiger charge is -1.95. The molecule has 0 aromatic heterocycles. The van der Waals surface area contributed by atoms with Crippen molar-refractivity contribution in [3.8, 4) is 0 Å². The average Bonchev–Trinajstić information content (AvgIpc) is 2.17. The monoisotopic (exact) mass is 234 g/mol. The predicted molar refractivity (Wildman–Crippen MR) is 55.1 cm³/mol. The Morgan fingerprint density at radius 3 is 1.93 bits per heavy atom. The van der Waals surface area contributed by atoms with E-state index in [-0.39, 0.29) is 11.7 Å². The zero-order chi connectivity index (χ0) is 11.9. The van der Waals surface area contributed by atoms with Crippen LogP contribution in [0.15, 0.2) is 29.2 Å². The second-order valence-corrected chi connectivity index (χ2v) is 4.13. The maximum atomic E-state index is 10.5. The minimum Gasteiger partial charge on any atom is -0.371 e. The predicted octanol–water partition coefficient (Wildman–Crippen LogP) is 0.824. The van der Waals surface area contributed by atoms with E-state index in [0.29, 0.717) is 0 Å². The number of benzene rings is 1. The van der Waals surface area contributed by atoms with Crippen molar-refractivity contribution < 1.29 is 22.8 Å². The Hall–Kier alpha value is -0.950. The number of aliphatic hydroxyl groups excluding tert-OH is 1. The first kappa shape index (κ1) is 14.1. The zero-order valence-corrected chi connectivity index (χ0v) is 9.36. The quantitative estimate of drug-likeness (QED) is 0.584. The fourth-order valence-electron chi connectivity index (χ4n) is 0.710. The molecule has 0 aliphatic carbocycles. The van der Waals surface area contributed by atoms with Crippen LogP contribution in [0.3, 0.4) is 0 Å². The van der Waals surface area contributed by atoms with Crippen LogP contribution < -0.4 is 0 Å². The molecule has 0 fully saturated rings. The van der Waals surface area contributed by atoms with Gasteiger partial charge in [-0.25, -0.2) is 0 Å². The van der Waals surface area contributed by atoms with Crippen LogP contribution in [0.4, 0.5) is 0 Å². The van der Waals surface area contributed by atoms with E-state index in [1.165, 1.54) is 19.2 Å². The van der Waals surface area contributed by atoms with Crippen LogP contribution in [0, 0.1) is 6.92 Å². The topological polar surface area (TPSA) is 83.8 Å². The fourth-order valence-corrected chi connectivity index (χ4v) is 1.19. The lowest BCUT2D eigenvalue weighted by Crippen LogP contribution is -1.96. The first-order chi connectivity index (χ1) is 6.91. The molecular weight excluding hydrogens is 220 g/mol. The normalized spacial score (nSPS) is 10.4. The summed E-state index contributed by atoms with van der Waals surface area (Å²) in [4.78, 5) is -0.0666. The van der Waals surface area contributed by atoms with E-state index < -0.39 is 10.1 Å². The summed E-state index contributed by atoms with van der Waals surface area (Å²) in [6.07, 6.45) is 0. The van der Waals surface area contributed by atoms with Crippen LogP contribution in [0.25, 0.3) is 0 Å². The zero-order valence-electron chi connectivity index (χ0n) is 8.54. The van der Waals surface area contributed by atoms with Crippen molar-refractivity contribution in [1.82, 2.24) is 0 Å². The van der Waals surface area contributed by atoms with Crippen LogP contribution in [-0.4, -0.2) is 32.0 Å². The number of aliphatic hydroxyl groups is 1. The second kappa shape index (κ2) is 6.52. The van der Waals surface area contributed by atoms with Gasteiger partial charge in [0, 0.05) is 7.11 Å². The van der Waals surface area contributed by atoms with Crippen molar-refractivity contribution in [2.75, 3.05) is 13.9 Å². The van der Waals surface area contributed by atoms with Gasteiger partial charge in [-0.3, -0.25) is 4.55 Å². The maximum Gasteiger partial charge on any atom is 0.294 e. The molecule has 0 amide bonds. The van der Waals surface area contributed by atoms with Gasteiger partial charge in [0.1, 0.15) is 6.79 Å². The standard InChI is InChI=1S/C7H8O3S.C2H6O2/c1-6-2-4-7(5-3-6)11(8,9)10;1-4-2-3/h2-5H,1H3,(H,8,9,10);3H,2H2,1H3. The van der Waals surface area contributed by atoms with E-state index in [1.54, 1.807) is 12.1 Å². The molecule has 0 aliphatic rings. The van der Waals surface area contributed by atoms with Gasteiger partial charge in [0.25, 0.3) is 10.1 Å². The third-order valence-corrected chi connectivity index (χ3v) is 2.32. The third kappa shape index (κ3) is 6.19. The molecule has 0 unspecified atom stereocenters. The number of rotatable bonds is 2. The molecule has 5 nitrogen and oxygen atoms in total. The Labute approximate surface area is 89.1 Å². The molecule has 15 heavy (non-hydrogen) atoms. The van der Waals surface area contributed by atoms with Crippen molar-refractivity contribution >= 4 is 10.1 Å². The SMILES string of the molecule is COCO.Cc1ccc(S(=O)(=O)O)cc1. The van der Waals surface area contributed by atoms with Crippen LogP contribution in [-0.2, 0) is 14.9 Å². The van der Waals surface area contributed by atoms with Crippen molar-refractivity contribution in [2.24, 2.45) is 0 Å². The molecule has 0 aliphatic heterocycles. The number of hydrogen-bond acceptors (Lipinski definition) is 4. The highest BCUT2D eigenvalue weighted by molar-refractivity contribution is 7.85. The second-order valence-electron chi connectivity index (χ2n) is 2.71. The van der Waals surface area contributed by atoms with E-state index >= 15 is 0 Å². The molecule has 0 saturated heterocycles. The van der Waals surface area contributed by atoms with E-state index in [9.17, 15) is 8.42 Å². The van der Waals surface area contributed by atoms with Gasteiger partial charge in [-0.05, 0) is 19.1 Å². The van der Waals surface area contributed by atoms with Gasteiger partial charge < -0.3 is 9.84 Å². The van der Waals surface area contributed by atoms with Crippen LogP contribution in [0.2, 0.25) is 0 Å². The third-order valence-electron chi connectivity index (χ3n) is 1.45. The van der Waals surface area contributed by atoms with Gasteiger partial charge in [0.05, 0.1) is 4.90 Å². The van der Waals surface area contributed by atoms with Gasteiger partial charge in [0.15, 0.2) is 0 Å². The average molecular weight is 234 g/mol. The highest BCUT2D eigenvalue weighted by Crippen LogP contribution is 2.08. The van der Waals surface area contributed by atoms with E-state index in [1.807, 2.05) is 6.92 Å². The molecule has 0 atom stereocenters. The van der Waals surface area contributed by atoms with Crippen molar-refractivity contribution in [3.05, 3.63) is 29.8 Å². The number of hydrogen-bond donors (Lipinski definition) is 2. The lowest BCUT2D eigenvalue weighted by molar-refractivity contribution is 0.0325. The van der Waals surface area contributed by atoms with Crippen LogP contribution in [0.1, 0.15) is 5.56 Å². The van der Waals surface area contributed by atoms with Gasteiger partial charge in [-0.2, -0.15) is 8.42 Å². The Balaban J connectivity index is 0.000000423. The number of aryl methyl sites for hydroxylation is 1. The Bertz CT molecular complexity index is 366. The number of ether oxygens (including phenoxy) is 1. The molecule has 86 valence electrons. The van der Waals surface area contributed by atoms with E-state index in [4.69, 9.17) is 9.66 Å². The Morgan fingerprint density at radius 2 is 1.67 bits per heavy atom. The molecule has 1 rings (SSSR count). The first-order valence-corrected chi connectivity index (χ1v) is 5.49. The molecule has 1 aromatic rings. The summed E-state index contributed by atoms with van der Waals surface area (Å²) < 4.78 is 33.6. The lowest BCUT2D eigenvalue weighted by atomic mass is 10.2. The largest absolute Gasteiger partial charge is 0.371 e. The van der Waals surface area contributed by atoms with Gasteiger partial charge >= 0.3 is 0 Å². The van der Waals surface area contributed by atoms with Gasteiger partial charge in [-0.1, -0.05) is 17.7 Å². The van der Waals surface area contributed by atoms with Crippen LogP contribution >= 0.6 is 0 Å². The summed E-state index contributed by atoms with van der Waals surface area (Å²) in [7, 11) is -2.59. The number of methoxy groups -OCH3 is 1. The molecule has 0 heterocycles. The highest BCUT2D eigenvalue weighted by atomic mass is 32.2. The summed E-state index contributed by atoms with van der Waals surface area (Å²) >= 11 is 0. The molecule has 0 radical (unpaired) electrons. The summed E-state index contributed by atoms with van der Waals surface area (Å²) in [6, 6.07) is 5.99. The summed E-state index contributed by atoms with van der Waals surface area (Å²) in [5.74, 6) is 0. The molecule has 2 N–H and O–H groups in total. The summed E-state index contributed by atoms with van der Waals surface area (Å²) in [6.45, 7) is 1.66. The van der Waals surface area contributed by atoms with Crippen molar-refractivity contribution in [3.63, 3.8) is 0 Å². The molecule has 0 bridgehead atoms. The van der Waals surface area contributed by atoms with Crippen molar-refractivity contribution in [1.29, 1.82) is 0 Å². The minimum atomic E-state index is -4.02. The minimum absolute atomic E-state index is 0.0666. The first-order valence-electron chi connectivity index (χ1n) is 4.05. The maximum absolute atomic E-state index is 10.5. The summed E-state index contributed by atoms with van der Waals surface area (Å²) in [5.41, 5.74) is 0.956. The van der Waals surface area contributed by atoms with Crippen LogP contribution in [0.5, 0.6) is 0 Å². The Morgan fingerprint density at radius 1 is 1.27 bits per heavy atom. The fraction of sp³-hybridized carbons (Fsp3) is 0.333. The summed E-state index contributed by atoms with van der Waals surface area (Å²) in [5, 5.41) is 7.65. The molecule has 0 spiro atoms. The van der Waals surface area contributed by atoms with Gasteiger partial charge in [0.2, 0.25) is 0 Å². The molecule has 0 saturated carbocycles.